The second-order valence-corrected chi connectivity index (χ2v) is 9.58. The SMILES string of the molecule is Cc1ccc(-n2cnnc2SCC(=O)N2CCN(c3ncnc4sccc34)CC2)cc1C. The van der Waals surface area contributed by atoms with Crippen LogP contribution in [0.3, 0.4) is 0 Å². The molecule has 1 aliphatic heterocycles. The Balaban J connectivity index is 1.20. The lowest BCUT2D eigenvalue weighted by Gasteiger charge is -2.35. The first-order valence-corrected chi connectivity index (χ1v) is 12.3. The van der Waals surface area contributed by atoms with E-state index in [2.05, 4.69) is 57.1 Å². The highest BCUT2D eigenvalue weighted by molar-refractivity contribution is 7.99. The van der Waals surface area contributed by atoms with Gasteiger partial charge in [-0.25, -0.2) is 9.97 Å². The second-order valence-electron chi connectivity index (χ2n) is 7.75. The summed E-state index contributed by atoms with van der Waals surface area (Å²) in [6.45, 7) is 7.06. The van der Waals surface area contributed by atoms with E-state index in [0.717, 1.165) is 40.0 Å². The van der Waals surface area contributed by atoms with E-state index in [0.29, 0.717) is 18.8 Å². The number of carbonyl (C=O) groups is 1. The zero-order valence-corrected chi connectivity index (χ0v) is 19.6. The first-order chi connectivity index (χ1) is 15.6. The van der Waals surface area contributed by atoms with Crippen molar-refractivity contribution in [3.05, 3.63) is 53.4 Å². The molecule has 32 heavy (non-hydrogen) atoms. The van der Waals surface area contributed by atoms with Gasteiger partial charge in [0.1, 0.15) is 23.3 Å². The number of amides is 1. The molecular formula is C22H23N7OS2. The lowest BCUT2D eigenvalue weighted by molar-refractivity contribution is -0.128. The number of anilines is 1. The number of aromatic nitrogens is 5. The van der Waals surface area contributed by atoms with Crippen LogP contribution in [-0.4, -0.2) is 67.5 Å². The van der Waals surface area contributed by atoms with Gasteiger partial charge >= 0.3 is 0 Å². The first-order valence-electron chi connectivity index (χ1n) is 10.4. The Labute approximate surface area is 194 Å². The van der Waals surface area contributed by atoms with Crippen LogP contribution in [0.5, 0.6) is 0 Å². The number of hydrogen-bond acceptors (Lipinski definition) is 8. The monoisotopic (exact) mass is 465 g/mol. The van der Waals surface area contributed by atoms with Gasteiger partial charge in [0.05, 0.1) is 11.1 Å². The smallest absolute Gasteiger partial charge is 0.233 e. The molecule has 1 aromatic carbocycles. The Morgan fingerprint density at radius 2 is 1.94 bits per heavy atom. The molecule has 4 heterocycles. The van der Waals surface area contributed by atoms with E-state index in [1.807, 2.05) is 20.9 Å². The van der Waals surface area contributed by atoms with Crippen LogP contribution in [0.2, 0.25) is 0 Å². The van der Waals surface area contributed by atoms with Crippen LogP contribution >= 0.6 is 23.1 Å². The van der Waals surface area contributed by atoms with Crippen LogP contribution in [0.1, 0.15) is 11.1 Å². The molecule has 4 aromatic rings. The second kappa shape index (κ2) is 8.87. The van der Waals surface area contributed by atoms with Gasteiger partial charge in [0, 0.05) is 31.9 Å². The normalized spacial score (nSPS) is 14.3. The summed E-state index contributed by atoms with van der Waals surface area (Å²) in [5, 5.41) is 12.1. The molecule has 0 spiro atoms. The van der Waals surface area contributed by atoms with Crippen molar-refractivity contribution >= 4 is 45.0 Å². The standard InChI is InChI=1S/C22H23N7OS2/c1-15-3-4-17(11-16(15)2)29-14-25-26-22(29)32-12-19(30)27-6-8-28(9-7-27)20-18-5-10-31-21(18)24-13-23-20/h3-5,10-11,13-14H,6-9,12H2,1-2H3. The number of rotatable bonds is 5. The van der Waals surface area contributed by atoms with Crippen LogP contribution in [0, 0.1) is 13.8 Å². The van der Waals surface area contributed by atoms with E-state index in [1.165, 1.54) is 22.9 Å². The Kier molecular flexibility index (Phi) is 5.79. The third-order valence-corrected chi connectivity index (χ3v) is 7.53. The zero-order valence-electron chi connectivity index (χ0n) is 17.9. The molecule has 1 amide bonds. The number of piperazine rings is 1. The minimum absolute atomic E-state index is 0.118. The van der Waals surface area contributed by atoms with Gasteiger partial charge in [-0.2, -0.15) is 0 Å². The molecule has 0 N–H and O–H groups in total. The van der Waals surface area contributed by atoms with Crippen molar-refractivity contribution in [2.24, 2.45) is 0 Å². The predicted octanol–water partition coefficient (Wildman–Crippen LogP) is 3.33. The van der Waals surface area contributed by atoms with Crippen molar-refractivity contribution in [1.29, 1.82) is 0 Å². The summed E-state index contributed by atoms with van der Waals surface area (Å²) in [6.07, 6.45) is 3.32. The largest absolute Gasteiger partial charge is 0.352 e. The molecule has 10 heteroatoms. The molecule has 0 atom stereocenters. The van der Waals surface area contributed by atoms with Crippen LogP contribution in [0.4, 0.5) is 5.82 Å². The molecule has 0 aliphatic carbocycles. The van der Waals surface area contributed by atoms with E-state index < -0.39 is 0 Å². The van der Waals surface area contributed by atoms with Crippen molar-refractivity contribution in [3.63, 3.8) is 0 Å². The molecule has 1 saturated heterocycles. The third kappa shape index (κ3) is 4.07. The summed E-state index contributed by atoms with van der Waals surface area (Å²) in [5.41, 5.74) is 3.46. The average molecular weight is 466 g/mol. The summed E-state index contributed by atoms with van der Waals surface area (Å²) < 4.78 is 1.93. The summed E-state index contributed by atoms with van der Waals surface area (Å²) in [7, 11) is 0. The number of nitrogens with zero attached hydrogens (tertiary/aromatic N) is 7. The van der Waals surface area contributed by atoms with E-state index in [-0.39, 0.29) is 5.91 Å². The van der Waals surface area contributed by atoms with E-state index in [4.69, 9.17) is 0 Å². The number of carbonyl (C=O) groups excluding carboxylic acids is 1. The maximum Gasteiger partial charge on any atom is 0.233 e. The van der Waals surface area contributed by atoms with Gasteiger partial charge in [0.2, 0.25) is 5.91 Å². The molecule has 8 nitrogen and oxygen atoms in total. The van der Waals surface area contributed by atoms with Crippen molar-refractivity contribution in [2.75, 3.05) is 36.8 Å². The number of thioether (sulfide) groups is 1. The number of aryl methyl sites for hydroxylation is 2. The van der Waals surface area contributed by atoms with Crippen molar-refractivity contribution in [3.8, 4) is 5.69 Å². The maximum atomic E-state index is 12.9. The quantitative estimate of drug-likeness (QED) is 0.418. The fraction of sp³-hybridized carbons (Fsp3) is 0.318. The number of thiophene rings is 1. The van der Waals surface area contributed by atoms with E-state index in [9.17, 15) is 4.79 Å². The van der Waals surface area contributed by atoms with Crippen molar-refractivity contribution in [1.82, 2.24) is 29.6 Å². The summed E-state index contributed by atoms with van der Waals surface area (Å²) in [4.78, 5) is 26.8. The molecule has 0 saturated carbocycles. The predicted molar refractivity (Wildman–Crippen MR) is 128 cm³/mol. The fourth-order valence-electron chi connectivity index (χ4n) is 3.79. The molecule has 5 rings (SSSR count). The van der Waals surface area contributed by atoms with Crippen molar-refractivity contribution < 1.29 is 4.79 Å². The first kappa shape index (κ1) is 20.9. The number of fused-ring (bicyclic) bond motifs is 1. The van der Waals surface area contributed by atoms with E-state index >= 15 is 0 Å². The highest BCUT2D eigenvalue weighted by atomic mass is 32.2. The Morgan fingerprint density at radius 1 is 1.09 bits per heavy atom. The molecule has 0 radical (unpaired) electrons. The highest BCUT2D eigenvalue weighted by Crippen LogP contribution is 2.27. The lowest BCUT2D eigenvalue weighted by atomic mass is 10.1. The molecule has 0 bridgehead atoms. The van der Waals surface area contributed by atoms with Crippen LogP contribution < -0.4 is 4.90 Å². The average Bonchev–Trinajstić information content (AvgIpc) is 3.49. The molecule has 3 aromatic heterocycles. The van der Waals surface area contributed by atoms with Gasteiger partial charge in [-0.05, 0) is 48.6 Å². The molecule has 164 valence electrons. The maximum absolute atomic E-state index is 12.9. The molecular weight excluding hydrogens is 442 g/mol. The topological polar surface area (TPSA) is 80.0 Å². The minimum Gasteiger partial charge on any atom is -0.352 e. The zero-order chi connectivity index (χ0) is 22.1. The van der Waals surface area contributed by atoms with Gasteiger partial charge in [-0.3, -0.25) is 9.36 Å². The minimum atomic E-state index is 0.118. The number of hydrogen-bond donors (Lipinski definition) is 0. The molecule has 0 unspecified atom stereocenters. The number of benzene rings is 1. The summed E-state index contributed by atoms with van der Waals surface area (Å²) in [5.74, 6) is 1.41. The van der Waals surface area contributed by atoms with Crippen LogP contribution in [0.15, 0.2) is 47.5 Å². The van der Waals surface area contributed by atoms with Crippen LogP contribution in [0.25, 0.3) is 15.9 Å². The van der Waals surface area contributed by atoms with Gasteiger partial charge in [0.15, 0.2) is 5.16 Å². The van der Waals surface area contributed by atoms with Gasteiger partial charge < -0.3 is 9.80 Å². The Bertz CT molecular complexity index is 1260. The summed E-state index contributed by atoms with van der Waals surface area (Å²) in [6, 6.07) is 8.32. The fourth-order valence-corrected chi connectivity index (χ4v) is 5.35. The Morgan fingerprint density at radius 3 is 2.75 bits per heavy atom. The molecule has 1 fully saturated rings. The van der Waals surface area contributed by atoms with Crippen LogP contribution in [-0.2, 0) is 4.79 Å². The van der Waals surface area contributed by atoms with E-state index in [1.54, 1.807) is 24.0 Å². The van der Waals surface area contributed by atoms with Gasteiger partial charge in [0.25, 0.3) is 0 Å². The summed E-state index contributed by atoms with van der Waals surface area (Å²) >= 11 is 3.04. The van der Waals surface area contributed by atoms with Gasteiger partial charge in [-0.1, -0.05) is 17.8 Å². The third-order valence-electron chi connectivity index (χ3n) is 5.78. The Hall–Kier alpha value is -2.98. The molecule has 1 aliphatic rings. The van der Waals surface area contributed by atoms with Crippen molar-refractivity contribution in [2.45, 2.75) is 19.0 Å². The highest BCUT2D eigenvalue weighted by Gasteiger charge is 2.24. The lowest BCUT2D eigenvalue weighted by Crippen LogP contribution is -2.49. The van der Waals surface area contributed by atoms with Gasteiger partial charge in [-0.15, -0.1) is 21.5 Å².